The Hall–Kier alpha value is -2.83. The van der Waals surface area contributed by atoms with Crippen molar-refractivity contribution in [3.8, 4) is 16.9 Å². The summed E-state index contributed by atoms with van der Waals surface area (Å²) in [7, 11) is 2.72. The average Bonchev–Trinajstić information content (AvgIpc) is 2.60. The summed E-state index contributed by atoms with van der Waals surface area (Å²) in [6.07, 6.45) is -4.95. The minimum absolute atomic E-state index is 0.00645. The Bertz CT molecular complexity index is 813. The molecule has 4 nitrogen and oxygen atoms in total. The van der Waals surface area contributed by atoms with Crippen LogP contribution < -0.4 is 4.74 Å². The molecule has 0 atom stereocenters. The first kappa shape index (κ1) is 19.5. The number of methoxy groups -OCH3 is 2. The van der Waals surface area contributed by atoms with Gasteiger partial charge in [-0.1, -0.05) is 18.2 Å². The molecule has 0 bridgehead atoms. The van der Waals surface area contributed by atoms with Crippen LogP contribution in [0.4, 0.5) is 13.2 Å². The lowest BCUT2D eigenvalue weighted by molar-refractivity contribution is -0.139. The molecule has 7 heteroatoms. The van der Waals surface area contributed by atoms with E-state index in [-0.39, 0.29) is 17.5 Å². The highest BCUT2D eigenvalue weighted by molar-refractivity contribution is 5.90. The van der Waals surface area contributed by atoms with Gasteiger partial charge < -0.3 is 9.47 Å². The van der Waals surface area contributed by atoms with E-state index in [2.05, 4.69) is 4.74 Å². The summed E-state index contributed by atoms with van der Waals surface area (Å²) in [6, 6.07) is 8.94. The van der Waals surface area contributed by atoms with Gasteiger partial charge in [0.1, 0.15) is 5.75 Å². The maximum absolute atomic E-state index is 12.6. The first-order chi connectivity index (χ1) is 12.3. The van der Waals surface area contributed by atoms with Crippen LogP contribution in [0.3, 0.4) is 0 Å². The SMILES string of the molecule is COC(=O)Cc1ccc(OC)c(-c2ccc(CC(F)(F)F)cc2C=O)c1. The Morgan fingerprint density at radius 3 is 2.31 bits per heavy atom. The molecule has 138 valence electrons. The van der Waals surface area contributed by atoms with E-state index in [1.807, 2.05) is 0 Å². The van der Waals surface area contributed by atoms with Gasteiger partial charge in [-0.25, -0.2) is 0 Å². The fourth-order valence-corrected chi connectivity index (χ4v) is 2.61. The smallest absolute Gasteiger partial charge is 0.393 e. The topological polar surface area (TPSA) is 52.6 Å². The van der Waals surface area contributed by atoms with Gasteiger partial charge >= 0.3 is 12.1 Å². The minimum Gasteiger partial charge on any atom is -0.496 e. The highest BCUT2D eigenvalue weighted by atomic mass is 19.4. The summed E-state index contributed by atoms with van der Waals surface area (Å²) >= 11 is 0. The molecule has 0 heterocycles. The molecular weight excluding hydrogens is 349 g/mol. The van der Waals surface area contributed by atoms with E-state index in [0.29, 0.717) is 28.7 Å². The van der Waals surface area contributed by atoms with Crippen LogP contribution in [0.2, 0.25) is 0 Å². The fraction of sp³-hybridized carbons (Fsp3) is 0.263. The molecule has 0 aromatic heterocycles. The second-order valence-corrected chi connectivity index (χ2v) is 5.62. The van der Waals surface area contributed by atoms with E-state index in [9.17, 15) is 22.8 Å². The maximum atomic E-state index is 12.6. The number of hydrogen-bond donors (Lipinski definition) is 0. The van der Waals surface area contributed by atoms with Crippen LogP contribution in [0.15, 0.2) is 36.4 Å². The van der Waals surface area contributed by atoms with Crippen molar-refractivity contribution in [3.05, 3.63) is 53.1 Å². The van der Waals surface area contributed by atoms with Crippen LogP contribution >= 0.6 is 0 Å². The summed E-state index contributed by atoms with van der Waals surface area (Å²) in [5.41, 5.74) is 1.67. The first-order valence-corrected chi connectivity index (χ1v) is 7.66. The second kappa shape index (κ2) is 8.03. The molecule has 0 aliphatic rings. The number of alkyl halides is 3. The molecule has 0 N–H and O–H groups in total. The molecule has 0 spiro atoms. The van der Waals surface area contributed by atoms with Crippen molar-refractivity contribution in [1.82, 2.24) is 0 Å². The fourth-order valence-electron chi connectivity index (χ4n) is 2.61. The van der Waals surface area contributed by atoms with Crippen molar-refractivity contribution >= 4 is 12.3 Å². The number of esters is 1. The van der Waals surface area contributed by atoms with E-state index in [1.165, 1.54) is 32.4 Å². The van der Waals surface area contributed by atoms with Crippen LogP contribution in [-0.2, 0) is 22.4 Å². The highest BCUT2D eigenvalue weighted by Gasteiger charge is 2.28. The third-order valence-electron chi connectivity index (χ3n) is 3.78. The minimum atomic E-state index is -4.36. The van der Waals surface area contributed by atoms with E-state index in [0.717, 1.165) is 0 Å². The molecule has 0 fully saturated rings. The maximum Gasteiger partial charge on any atom is 0.393 e. The Morgan fingerprint density at radius 1 is 1.04 bits per heavy atom. The number of halogens is 3. The number of aldehydes is 1. The number of carbonyl (C=O) groups excluding carboxylic acids is 2. The zero-order chi connectivity index (χ0) is 19.3. The summed E-state index contributed by atoms with van der Waals surface area (Å²) in [4.78, 5) is 22.9. The summed E-state index contributed by atoms with van der Waals surface area (Å²) in [5, 5.41) is 0. The van der Waals surface area contributed by atoms with Crippen LogP contribution in [0, 0.1) is 0 Å². The molecule has 26 heavy (non-hydrogen) atoms. The third-order valence-corrected chi connectivity index (χ3v) is 3.78. The summed E-state index contributed by atoms with van der Waals surface area (Å²) < 4.78 is 47.6. The van der Waals surface area contributed by atoms with Gasteiger partial charge in [0.15, 0.2) is 6.29 Å². The average molecular weight is 366 g/mol. The molecule has 0 amide bonds. The molecule has 0 saturated heterocycles. The molecular formula is C19H17F3O4. The lowest BCUT2D eigenvalue weighted by atomic mass is 9.94. The Balaban J connectivity index is 2.50. The Morgan fingerprint density at radius 2 is 1.73 bits per heavy atom. The van der Waals surface area contributed by atoms with Crippen molar-refractivity contribution in [2.45, 2.75) is 19.0 Å². The van der Waals surface area contributed by atoms with Crippen molar-refractivity contribution < 1.29 is 32.2 Å². The lowest BCUT2D eigenvalue weighted by Gasteiger charge is -2.14. The summed E-state index contributed by atoms with van der Waals surface area (Å²) in [6.45, 7) is 0. The lowest BCUT2D eigenvalue weighted by Crippen LogP contribution is -2.11. The largest absolute Gasteiger partial charge is 0.496 e. The third kappa shape index (κ3) is 4.84. The van der Waals surface area contributed by atoms with Gasteiger partial charge in [0.2, 0.25) is 0 Å². The van der Waals surface area contributed by atoms with E-state index >= 15 is 0 Å². The normalized spacial score (nSPS) is 11.1. The van der Waals surface area contributed by atoms with Crippen LogP contribution in [0.1, 0.15) is 21.5 Å². The van der Waals surface area contributed by atoms with Gasteiger partial charge in [0, 0.05) is 11.1 Å². The van der Waals surface area contributed by atoms with E-state index in [1.54, 1.807) is 18.2 Å². The van der Waals surface area contributed by atoms with E-state index in [4.69, 9.17) is 4.74 Å². The quantitative estimate of drug-likeness (QED) is 0.573. The zero-order valence-corrected chi connectivity index (χ0v) is 14.2. The molecule has 0 aliphatic carbocycles. The Labute approximate surface area is 148 Å². The van der Waals surface area contributed by atoms with Gasteiger partial charge in [-0.2, -0.15) is 13.2 Å². The van der Waals surface area contributed by atoms with Gasteiger partial charge in [0.05, 0.1) is 27.1 Å². The van der Waals surface area contributed by atoms with Gasteiger partial charge in [-0.15, -0.1) is 0 Å². The van der Waals surface area contributed by atoms with E-state index < -0.39 is 18.6 Å². The van der Waals surface area contributed by atoms with Crippen molar-refractivity contribution in [2.75, 3.05) is 14.2 Å². The number of carbonyl (C=O) groups is 2. The van der Waals surface area contributed by atoms with Crippen LogP contribution in [-0.4, -0.2) is 32.7 Å². The molecule has 2 rings (SSSR count). The first-order valence-electron chi connectivity index (χ1n) is 7.66. The summed E-state index contributed by atoms with van der Waals surface area (Å²) in [5.74, 6) is 0.00235. The molecule has 2 aromatic carbocycles. The predicted octanol–water partition coefficient (Wildman–Crippen LogP) is 4.00. The zero-order valence-electron chi connectivity index (χ0n) is 14.2. The number of ether oxygens (including phenoxy) is 2. The molecule has 2 aromatic rings. The van der Waals surface area contributed by atoms with Crippen molar-refractivity contribution in [3.63, 3.8) is 0 Å². The standard InChI is InChI=1S/C19H17F3O4/c1-25-17-6-4-12(9-18(24)26-2)8-16(17)15-5-3-13(7-14(15)11-23)10-19(20,21)22/h3-8,11H,9-10H2,1-2H3. The number of hydrogen-bond acceptors (Lipinski definition) is 4. The van der Waals surface area contributed by atoms with Gasteiger partial charge in [-0.3, -0.25) is 9.59 Å². The predicted molar refractivity (Wildman–Crippen MR) is 89.3 cm³/mol. The van der Waals surface area contributed by atoms with Crippen LogP contribution in [0.5, 0.6) is 5.75 Å². The van der Waals surface area contributed by atoms with Crippen molar-refractivity contribution in [1.29, 1.82) is 0 Å². The second-order valence-electron chi connectivity index (χ2n) is 5.62. The monoisotopic (exact) mass is 366 g/mol. The number of benzene rings is 2. The molecule has 0 radical (unpaired) electrons. The Kier molecular flexibility index (Phi) is 6.02. The van der Waals surface area contributed by atoms with Crippen molar-refractivity contribution in [2.24, 2.45) is 0 Å². The van der Waals surface area contributed by atoms with Gasteiger partial charge in [0.25, 0.3) is 0 Å². The van der Waals surface area contributed by atoms with Gasteiger partial charge in [-0.05, 0) is 34.9 Å². The molecule has 0 unspecified atom stereocenters. The molecule has 0 aliphatic heterocycles. The molecule has 0 saturated carbocycles. The number of rotatable bonds is 6. The van der Waals surface area contributed by atoms with Crippen LogP contribution in [0.25, 0.3) is 11.1 Å². The highest BCUT2D eigenvalue weighted by Crippen LogP contribution is 2.34.